The molecular weight excluding hydrogens is 316 g/mol. The maximum Gasteiger partial charge on any atom is 0.273 e. The number of hydrogen-bond acceptors (Lipinski definition) is 7. The predicted octanol–water partition coefficient (Wildman–Crippen LogP) is 2.25. The fraction of sp³-hybridized carbons (Fsp3) is 0.600. The molecule has 0 bridgehead atoms. The molecule has 23 heavy (non-hydrogen) atoms. The summed E-state index contributed by atoms with van der Waals surface area (Å²) in [5.41, 5.74) is 0.507. The van der Waals surface area contributed by atoms with Crippen molar-refractivity contribution in [2.24, 2.45) is 5.92 Å². The molecule has 7 nitrogen and oxygen atoms in total. The lowest BCUT2D eigenvalue weighted by Gasteiger charge is -2.30. The highest BCUT2D eigenvalue weighted by Gasteiger charge is 2.30. The Morgan fingerprint density at radius 2 is 2.30 bits per heavy atom. The lowest BCUT2D eigenvalue weighted by atomic mass is 10.1. The second kappa shape index (κ2) is 6.76. The third-order valence-corrected chi connectivity index (χ3v) is 4.40. The Hall–Kier alpha value is -1.80. The molecular formula is C15H20N4O3S. The molecule has 0 radical (unpaired) electrons. The maximum absolute atomic E-state index is 12.6. The van der Waals surface area contributed by atoms with Gasteiger partial charge in [0.2, 0.25) is 11.8 Å². The molecule has 3 rings (SSSR count). The Morgan fingerprint density at radius 1 is 1.48 bits per heavy atom. The summed E-state index contributed by atoms with van der Waals surface area (Å²) in [5.74, 6) is 1.36. The van der Waals surface area contributed by atoms with Crippen LogP contribution < -0.4 is 0 Å². The highest BCUT2D eigenvalue weighted by molar-refractivity contribution is 7.09. The van der Waals surface area contributed by atoms with Crippen LogP contribution in [0.1, 0.15) is 47.2 Å². The molecule has 1 unspecified atom stereocenters. The molecule has 1 atom stereocenters. The van der Waals surface area contributed by atoms with Gasteiger partial charge in [0.25, 0.3) is 5.91 Å². The number of amides is 1. The minimum Gasteiger partial charge on any atom is -0.423 e. The number of thiazole rings is 1. The Labute approximate surface area is 138 Å². The molecule has 0 N–H and O–H groups in total. The van der Waals surface area contributed by atoms with E-state index >= 15 is 0 Å². The first kappa shape index (κ1) is 16.1. The van der Waals surface area contributed by atoms with Gasteiger partial charge in [-0.1, -0.05) is 13.8 Å². The zero-order valence-corrected chi connectivity index (χ0v) is 14.3. The van der Waals surface area contributed by atoms with Crippen LogP contribution in [0.4, 0.5) is 0 Å². The summed E-state index contributed by atoms with van der Waals surface area (Å²) in [7, 11) is 0. The largest absolute Gasteiger partial charge is 0.423 e. The molecule has 3 heterocycles. The van der Waals surface area contributed by atoms with E-state index in [9.17, 15) is 4.79 Å². The molecule has 1 saturated heterocycles. The van der Waals surface area contributed by atoms with E-state index in [2.05, 4.69) is 29.0 Å². The Morgan fingerprint density at radius 3 is 3.00 bits per heavy atom. The Kier molecular flexibility index (Phi) is 4.72. The van der Waals surface area contributed by atoms with E-state index in [1.807, 2.05) is 5.38 Å². The summed E-state index contributed by atoms with van der Waals surface area (Å²) in [5, 5.41) is 10.6. The van der Waals surface area contributed by atoms with Crippen molar-refractivity contribution in [3.8, 4) is 0 Å². The number of rotatable bonds is 4. The van der Waals surface area contributed by atoms with Crippen molar-refractivity contribution in [3.63, 3.8) is 0 Å². The number of carbonyl (C=O) groups is 1. The summed E-state index contributed by atoms with van der Waals surface area (Å²) in [6.07, 6.45) is 0.521. The van der Waals surface area contributed by atoms with Gasteiger partial charge in [-0.15, -0.1) is 21.5 Å². The molecule has 1 aliphatic rings. The van der Waals surface area contributed by atoms with Gasteiger partial charge in [-0.25, -0.2) is 4.98 Å². The van der Waals surface area contributed by atoms with Crippen molar-refractivity contribution in [1.29, 1.82) is 0 Å². The zero-order valence-electron chi connectivity index (χ0n) is 13.5. The van der Waals surface area contributed by atoms with Crippen molar-refractivity contribution in [2.45, 2.75) is 33.3 Å². The molecule has 1 amide bonds. The normalized spacial score (nSPS) is 18.6. The molecule has 2 aromatic rings. The molecule has 0 aliphatic carbocycles. The maximum atomic E-state index is 12.6. The highest BCUT2D eigenvalue weighted by Crippen LogP contribution is 2.23. The number of aryl methyl sites for hydroxylation is 1. The lowest BCUT2D eigenvalue weighted by molar-refractivity contribution is -0.0350. The van der Waals surface area contributed by atoms with Crippen LogP contribution in [0.3, 0.4) is 0 Å². The van der Waals surface area contributed by atoms with Crippen molar-refractivity contribution in [2.75, 3.05) is 19.7 Å². The third kappa shape index (κ3) is 3.76. The number of ether oxygens (including phenoxy) is 1. The number of hydrogen-bond donors (Lipinski definition) is 0. The summed E-state index contributed by atoms with van der Waals surface area (Å²) in [4.78, 5) is 18.8. The second-order valence-corrected chi connectivity index (χ2v) is 6.94. The first-order chi connectivity index (χ1) is 11.0. The van der Waals surface area contributed by atoms with Crippen LogP contribution in [0.25, 0.3) is 0 Å². The van der Waals surface area contributed by atoms with Crippen LogP contribution in [0.5, 0.6) is 0 Å². The SMILES string of the molecule is Cc1nnc(C2CN(C(=O)c3csc(CC(C)C)n3)CCO2)o1. The van der Waals surface area contributed by atoms with Gasteiger partial charge >= 0.3 is 0 Å². The van der Waals surface area contributed by atoms with Crippen LogP contribution in [0, 0.1) is 12.8 Å². The average Bonchev–Trinajstić information content (AvgIpc) is 3.15. The van der Waals surface area contributed by atoms with Crippen LogP contribution in [0.2, 0.25) is 0 Å². The summed E-state index contributed by atoms with van der Waals surface area (Å²) in [6, 6.07) is 0. The molecule has 8 heteroatoms. The topological polar surface area (TPSA) is 81.4 Å². The second-order valence-electron chi connectivity index (χ2n) is 5.99. The van der Waals surface area contributed by atoms with Gasteiger partial charge in [0.1, 0.15) is 5.69 Å². The minimum absolute atomic E-state index is 0.0687. The van der Waals surface area contributed by atoms with Crippen LogP contribution in [-0.4, -0.2) is 45.7 Å². The highest BCUT2D eigenvalue weighted by atomic mass is 32.1. The van der Waals surface area contributed by atoms with Crippen molar-refractivity contribution < 1.29 is 13.9 Å². The molecule has 2 aromatic heterocycles. The lowest BCUT2D eigenvalue weighted by Crippen LogP contribution is -2.42. The van der Waals surface area contributed by atoms with E-state index in [0.717, 1.165) is 11.4 Å². The van der Waals surface area contributed by atoms with Gasteiger partial charge in [-0.05, 0) is 5.92 Å². The van der Waals surface area contributed by atoms with Gasteiger partial charge in [0.15, 0.2) is 6.10 Å². The van der Waals surface area contributed by atoms with Gasteiger partial charge in [0, 0.05) is 25.3 Å². The number of morpholine rings is 1. The molecule has 0 aromatic carbocycles. The van der Waals surface area contributed by atoms with E-state index in [-0.39, 0.29) is 12.0 Å². The van der Waals surface area contributed by atoms with Gasteiger partial charge in [-0.2, -0.15) is 0 Å². The van der Waals surface area contributed by atoms with Crippen LogP contribution in [0.15, 0.2) is 9.80 Å². The molecule has 0 spiro atoms. The fourth-order valence-corrected chi connectivity index (χ4v) is 3.42. The Bertz CT molecular complexity index is 682. The van der Waals surface area contributed by atoms with Crippen molar-refractivity contribution in [3.05, 3.63) is 27.9 Å². The fourth-order valence-electron chi connectivity index (χ4n) is 2.44. The molecule has 1 aliphatic heterocycles. The number of aromatic nitrogens is 3. The van der Waals surface area contributed by atoms with Gasteiger partial charge in [0.05, 0.1) is 18.2 Å². The van der Waals surface area contributed by atoms with E-state index < -0.39 is 0 Å². The average molecular weight is 336 g/mol. The van der Waals surface area contributed by atoms with Crippen molar-refractivity contribution in [1.82, 2.24) is 20.1 Å². The van der Waals surface area contributed by atoms with Crippen LogP contribution >= 0.6 is 11.3 Å². The van der Waals surface area contributed by atoms with E-state index in [1.165, 1.54) is 11.3 Å². The first-order valence-electron chi connectivity index (χ1n) is 7.68. The van der Waals surface area contributed by atoms with Crippen LogP contribution in [-0.2, 0) is 11.2 Å². The quantitative estimate of drug-likeness (QED) is 0.852. The monoisotopic (exact) mass is 336 g/mol. The summed E-state index contributed by atoms with van der Waals surface area (Å²) < 4.78 is 11.0. The minimum atomic E-state index is -0.373. The molecule has 1 fully saturated rings. The predicted molar refractivity (Wildman–Crippen MR) is 84.3 cm³/mol. The zero-order chi connectivity index (χ0) is 16.4. The summed E-state index contributed by atoms with van der Waals surface area (Å²) in [6.45, 7) is 7.40. The number of nitrogens with zero attached hydrogens (tertiary/aromatic N) is 4. The smallest absolute Gasteiger partial charge is 0.273 e. The van der Waals surface area contributed by atoms with Gasteiger partial charge < -0.3 is 14.1 Å². The van der Waals surface area contributed by atoms with Crippen molar-refractivity contribution >= 4 is 17.2 Å². The summed E-state index contributed by atoms with van der Waals surface area (Å²) >= 11 is 1.54. The third-order valence-electron chi connectivity index (χ3n) is 3.52. The molecule has 0 saturated carbocycles. The Balaban J connectivity index is 1.68. The first-order valence-corrected chi connectivity index (χ1v) is 8.56. The number of carbonyl (C=O) groups excluding carboxylic acids is 1. The molecule has 124 valence electrons. The van der Waals surface area contributed by atoms with E-state index in [4.69, 9.17) is 9.15 Å². The van der Waals surface area contributed by atoms with Gasteiger partial charge in [-0.3, -0.25) is 4.79 Å². The van der Waals surface area contributed by atoms with E-state index in [0.29, 0.717) is 43.1 Å². The van der Waals surface area contributed by atoms with E-state index in [1.54, 1.807) is 11.8 Å². The standard InChI is InChI=1S/C15H20N4O3S/c1-9(2)6-13-16-11(8-23-13)15(20)19-4-5-21-12(7-19)14-18-17-10(3)22-14/h8-9,12H,4-7H2,1-3H3.